The molecule has 0 fully saturated rings. The number of ether oxygens (including phenoxy) is 1. The molecule has 1 N–H and O–H groups in total. The van der Waals surface area contributed by atoms with Crippen LogP contribution >= 0.6 is 0 Å². The van der Waals surface area contributed by atoms with Gasteiger partial charge in [-0.2, -0.15) is 0 Å². The largest absolute Gasteiger partial charge is 0.573 e. The van der Waals surface area contributed by atoms with E-state index in [1.165, 1.54) is 12.1 Å². The van der Waals surface area contributed by atoms with Crippen molar-refractivity contribution in [3.63, 3.8) is 0 Å². The summed E-state index contributed by atoms with van der Waals surface area (Å²) in [6.45, 7) is 2.02. The maximum absolute atomic E-state index is 12.0. The van der Waals surface area contributed by atoms with Crippen LogP contribution in [0.2, 0.25) is 0 Å². The first kappa shape index (κ1) is 15.8. The quantitative estimate of drug-likeness (QED) is 0.813. The third kappa shape index (κ3) is 7.06. The molecule has 1 unspecified atom stereocenters. The molecule has 0 aliphatic heterocycles. The van der Waals surface area contributed by atoms with Crippen molar-refractivity contribution in [3.05, 3.63) is 29.8 Å². The minimum Gasteiger partial charge on any atom is -0.406 e. The van der Waals surface area contributed by atoms with Crippen LogP contribution in [-0.2, 0) is 6.42 Å². The van der Waals surface area contributed by atoms with E-state index in [9.17, 15) is 18.3 Å². The number of benzene rings is 1. The lowest BCUT2D eigenvalue weighted by Crippen LogP contribution is -2.17. The average Bonchev–Trinajstić information content (AvgIpc) is 2.30. The molecule has 19 heavy (non-hydrogen) atoms. The molecule has 0 radical (unpaired) electrons. The summed E-state index contributed by atoms with van der Waals surface area (Å²) in [4.78, 5) is 0. The van der Waals surface area contributed by atoms with E-state index in [4.69, 9.17) is 0 Å². The second-order valence-electron chi connectivity index (χ2n) is 4.53. The van der Waals surface area contributed by atoms with Crippen LogP contribution in [0.5, 0.6) is 5.75 Å². The predicted octanol–water partition coefficient (Wildman–Crippen LogP) is 4.07. The van der Waals surface area contributed by atoms with Crippen molar-refractivity contribution in [2.45, 2.75) is 51.5 Å². The van der Waals surface area contributed by atoms with Crippen molar-refractivity contribution in [1.29, 1.82) is 0 Å². The maximum atomic E-state index is 12.0. The molecular formula is C14H19F3O2. The minimum absolute atomic E-state index is 0.206. The van der Waals surface area contributed by atoms with Crippen LogP contribution in [0.25, 0.3) is 0 Å². The van der Waals surface area contributed by atoms with Crippen molar-refractivity contribution in [2.24, 2.45) is 0 Å². The lowest BCUT2D eigenvalue weighted by Gasteiger charge is -2.10. The van der Waals surface area contributed by atoms with Crippen LogP contribution in [0.4, 0.5) is 13.2 Å². The Bertz CT molecular complexity index is 360. The minimum atomic E-state index is -4.65. The van der Waals surface area contributed by atoms with Crippen LogP contribution in [0.1, 0.15) is 38.2 Å². The summed E-state index contributed by atoms with van der Waals surface area (Å²) < 4.78 is 39.7. The first-order valence-corrected chi connectivity index (χ1v) is 6.43. The molecule has 0 aromatic heterocycles. The highest BCUT2D eigenvalue weighted by Crippen LogP contribution is 2.23. The van der Waals surface area contributed by atoms with E-state index in [1.807, 2.05) is 6.92 Å². The summed E-state index contributed by atoms with van der Waals surface area (Å²) in [5.41, 5.74) is 0.943. The number of halogens is 3. The summed E-state index contributed by atoms with van der Waals surface area (Å²) in [5, 5.41) is 9.55. The Morgan fingerprint density at radius 3 is 2.32 bits per heavy atom. The average molecular weight is 276 g/mol. The van der Waals surface area contributed by atoms with Gasteiger partial charge in [0, 0.05) is 0 Å². The molecule has 2 nitrogen and oxygen atoms in total. The summed E-state index contributed by atoms with van der Waals surface area (Å²) in [6.07, 6.45) is -0.908. The van der Waals surface area contributed by atoms with Gasteiger partial charge in [0.2, 0.25) is 0 Å². The molecule has 0 amide bonds. The number of hydrogen-bond acceptors (Lipinski definition) is 2. The highest BCUT2D eigenvalue weighted by molar-refractivity contribution is 5.27. The zero-order valence-electron chi connectivity index (χ0n) is 10.9. The van der Waals surface area contributed by atoms with Gasteiger partial charge in [0.1, 0.15) is 5.75 Å². The van der Waals surface area contributed by atoms with Gasteiger partial charge >= 0.3 is 6.36 Å². The van der Waals surface area contributed by atoms with E-state index >= 15 is 0 Å². The molecule has 0 saturated heterocycles. The lowest BCUT2D eigenvalue weighted by atomic mass is 10.0. The fourth-order valence-electron chi connectivity index (χ4n) is 1.88. The molecule has 0 bridgehead atoms. The molecule has 1 aromatic rings. The van der Waals surface area contributed by atoms with Gasteiger partial charge in [0.05, 0.1) is 6.10 Å². The van der Waals surface area contributed by atoms with E-state index in [1.54, 1.807) is 12.1 Å². The van der Waals surface area contributed by atoms with Gasteiger partial charge in [-0.15, -0.1) is 13.2 Å². The van der Waals surface area contributed by atoms with Gasteiger partial charge in [-0.05, 0) is 43.4 Å². The van der Waals surface area contributed by atoms with Gasteiger partial charge in [0.15, 0.2) is 0 Å². The van der Waals surface area contributed by atoms with Crippen LogP contribution in [-0.4, -0.2) is 17.6 Å². The molecule has 1 atom stereocenters. The van der Waals surface area contributed by atoms with Crippen molar-refractivity contribution in [1.82, 2.24) is 0 Å². The Kier molecular flexibility index (Phi) is 6.15. The van der Waals surface area contributed by atoms with Crippen LogP contribution in [0, 0.1) is 0 Å². The third-order valence-electron chi connectivity index (χ3n) is 2.78. The van der Waals surface area contributed by atoms with Crippen molar-refractivity contribution in [3.8, 4) is 5.75 Å². The number of aryl methyl sites for hydroxylation is 1. The van der Waals surface area contributed by atoms with Gasteiger partial charge < -0.3 is 9.84 Å². The Balaban J connectivity index is 2.36. The molecule has 0 saturated carbocycles. The Morgan fingerprint density at radius 1 is 1.16 bits per heavy atom. The zero-order chi connectivity index (χ0) is 14.3. The Hall–Kier alpha value is -1.23. The zero-order valence-corrected chi connectivity index (χ0v) is 10.9. The standard InChI is InChI=1S/C14H19F3O2/c1-2-4-12(18)6-3-5-11-7-9-13(10-8-11)19-14(15,16)17/h7-10,12,18H,2-6H2,1H3. The first-order valence-electron chi connectivity index (χ1n) is 6.43. The summed E-state index contributed by atoms with van der Waals surface area (Å²) in [7, 11) is 0. The number of aliphatic hydroxyl groups excluding tert-OH is 1. The van der Waals surface area contributed by atoms with E-state index < -0.39 is 6.36 Å². The third-order valence-corrected chi connectivity index (χ3v) is 2.78. The maximum Gasteiger partial charge on any atom is 0.573 e. The molecule has 5 heteroatoms. The second kappa shape index (κ2) is 7.38. The summed E-state index contributed by atoms with van der Waals surface area (Å²) in [6, 6.07) is 5.86. The predicted molar refractivity (Wildman–Crippen MR) is 67.0 cm³/mol. The number of aliphatic hydroxyl groups is 1. The number of rotatable bonds is 7. The van der Waals surface area contributed by atoms with Crippen LogP contribution < -0.4 is 4.74 Å². The van der Waals surface area contributed by atoms with E-state index in [0.29, 0.717) is 6.42 Å². The second-order valence-corrected chi connectivity index (χ2v) is 4.53. The Labute approximate surface area is 111 Å². The van der Waals surface area contributed by atoms with E-state index in [2.05, 4.69) is 4.74 Å². The summed E-state index contributed by atoms with van der Waals surface area (Å²) >= 11 is 0. The molecule has 1 rings (SSSR count). The monoisotopic (exact) mass is 276 g/mol. The van der Waals surface area contributed by atoms with Crippen molar-refractivity contribution in [2.75, 3.05) is 0 Å². The Morgan fingerprint density at radius 2 is 1.79 bits per heavy atom. The first-order chi connectivity index (χ1) is 8.90. The van der Waals surface area contributed by atoms with Crippen molar-refractivity contribution >= 4 is 0 Å². The van der Waals surface area contributed by atoms with E-state index in [0.717, 1.165) is 31.2 Å². The summed E-state index contributed by atoms with van der Waals surface area (Å²) in [5.74, 6) is -0.206. The molecule has 0 aliphatic rings. The highest BCUT2D eigenvalue weighted by atomic mass is 19.4. The molecule has 0 heterocycles. The SMILES string of the molecule is CCCC(O)CCCc1ccc(OC(F)(F)F)cc1. The molecular weight excluding hydrogens is 257 g/mol. The molecule has 108 valence electrons. The van der Waals surface area contributed by atoms with Gasteiger partial charge in [-0.1, -0.05) is 25.5 Å². The lowest BCUT2D eigenvalue weighted by molar-refractivity contribution is -0.274. The van der Waals surface area contributed by atoms with Gasteiger partial charge in [0.25, 0.3) is 0 Å². The topological polar surface area (TPSA) is 29.5 Å². The normalized spacial score (nSPS) is 13.3. The van der Waals surface area contributed by atoms with Crippen molar-refractivity contribution < 1.29 is 23.0 Å². The van der Waals surface area contributed by atoms with Crippen LogP contribution in [0.15, 0.2) is 24.3 Å². The smallest absolute Gasteiger partial charge is 0.406 e. The van der Waals surface area contributed by atoms with Crippen LogP contribution in [0.3, 0.4) is 0 Å². The van der Waals surface area contributed by atoms with E-state index in [-0.39, 0.29) is 11.9 Å². The molecule has 0 spiro atoms. The number of hydrogen-bond donors (Lipinski definition) is 1. The fraction of sp³-hybridized carbons (Fsp3) is 0.571. The van der Waals surface area contributed by atoms with Gasteiger partial charge in [-0.3, -0.25) is 0 Å². The highest BCUT2D eigenvalue weighted by Gasteiger charge is 2.30. The molecule has 0 aliphatic carbocycles. The fourth-order valence-corrected chi connectivity index (χ4v) is 1.88. The van der Waals surface area contributed by atoms with Gasteiger partial charge in [-0.25, -0.2) is 0 Å². The number of alkyl halides is 3. The molecule has 1 aromatic carbocycles.